The Morgan fingerprint density at radius 2 is 1.70 bits per heavy atom. The summed E-state index contributed by atoms with van der Waals surface area (Å²) in [5.74, 6) is -0.180. The molecule has 0 saturated heterocycles. The highest BCUT2D eigenvalue weighted by Crippen LogP contribution is 2.33. The van der Waals surface area contributed by atoms with Crippen molar-refractivity contribution in [1.29, 1.82) is 0 Å². The van der Waals surface area contributed by atoms with Gasteiger partial charge in [0.25, 0.3) is 11.8 Å². The predicted molar refractivity (Wildman–Crippen MR) is 143 cm³/mol. The van der Waals surface area contributed by atoms with Crippen molar-refractivity contribution >= 4 is 51.0 Å². The van der Waals surface area contributed by atoms with Crippen molar-refractivity contribution in [2.24, 2.45) is 5.92 Å². The Balaban J connectivity index is 1.34. The number of fused-ring (bicyclic) bond motifs is 2. The van der Waals surface area contributed by atoms with Gasteiger partial charge in [-0.1, -0.05) is 37.5 Å². The van der Waals surface area contributed by atoms with E-state index in [0.29, 0.717) is 27.7 Å². The van der Waals surface area contributed by atoms with Crippen LogP contribution in [0.2, 0.25) is 0 Å². The number of carbonyl (C=O) groups is 3. The lowest BCUT2D eigenvalue weighted by Crippen LogP contribution is -2.33. The van der Waals surface area contributed by atoms with Crippen molar-refractivity contribution in [3.63, 3.8) is 0 Å². The molecular weight excluding hydrogens is 468 g/mol. The van der Waals surface area contributed by atoms with Gasteiger partial charge in [0.05, 0.1) is 11.1 Å². The highest BCUT2D eigenvalue weighted by molar-refractivity contribution is 6.17. The first-order chi connectivity index (χ1) is 18.0. The van der Waals surface area contributed by atoms with Crippen molar-refractivity contribution in [3.05, 3.63) is 53.7 Å². The second-order valence-corrected chi connectivity index (χ2v) is 10.2. The summed E-state index contributed by atoms with van der Waals surface area (Å²) in [5.41, 5.74) is 2.80. The zero-order valence-electron chi connectivity index (χ0n) is 20.8. The molecule has 190 valence electrons. The molecule has 0 unspecified atom stereocenters. The quantitative estimate of drug-likeness (QED) is 0.307. The monoisotopic (exact) mass is 498 g/mol. The van der Waals surface area contributed by atoms with Gasteiger partial charge < -0.3 is 20.5 Å². The van der Waals surface area contributed by atoms with E-state index in [0.717, 1.165) is 49.7 Å². The number of para-hydroxylation sites is 1. The Morgan fingerprint density at radius 3 is 2.49 bits per heavy atom. The molecule has 9 heteroatoms. The maximum absolute atomic E-state index is 13.2. The zero-order valence-corrected chi connectivity index (χ0v) is 20.8. The summed E-state index contributed by atoms with van der Waals surface area (Å²) in [7, 11) is 1.80. The van der Waals surface area contributed by atoms with Crippen LogP contribution in [0.1, 0.15) is 65.8 Å². The molecule has 2 saturated carbocycles. The summed E-state index contributed by atoms with van der Waals surface area (Å²) >= 11 is 0. The molecular formula is C28H30N6O3. The Labute approximate surface area is 214 Å². The molecule has 3 amide bonds. The van der Waals surface area contributed by atoms with Gasteiger partial charge in [0.15, 0.2) is 5.69 Å². The highest BCUT2D eigenvalue weighted by Gasteiger charge is 2.29. The van der Waals surface area contributed by atoms with Gasteiger partial charge in [0, 0.05) is 41.0 Å². The van der Waals surface area contributed by atoms with Gasteiger partial charge in [0.1, 0.15) is 5.82 Å². The number of carbonyl (C=O) groups excluding carboxylic acids is 3. The van der Waals surface area contributed by atoms with Gasteiger partial charge in [-0.15, -0.1) is 0 Å². The van der Waals surface area contributed by atoms with Crippen molar-refractivity contribution in [3.8, 4) is 0 Å². The number of nitrogens with one attached hydrogen (secondary N) is 4. The molecule has 0 atom stereocenters. The molecule has 0 radical (unpaired) electrons. The number of nitrogens with zero attached hydrogens (tertiary/aromatic N) is 2. The summed E-state index contributed by atoms with van der Waals surface area (Å²) in [6, 6.07) is 13.1. The molecule has 37 heavy (non-hydrogen) atoms. The van der Waals surface area contributed by atoms with Crippen molar-refractivity contribution in [2.45, 2.75) is 51.0 Å². The molecule has 4 aromatic rings. The van der Waals surface area contributed by atoms with Crippen LogP contribution in [0.15, 0.2) is 42.5 Å². The zero-order chi connectivity index (χ0) is 25.5. The first-order valence-electron chi connectivity index (χ1n) is 13.0. The molecule has 9 nitrogen and oxygen atoms in total. The first kappa shape index (κ1) is 23.3. The number of amides is 3. The standard InChI is InChI=1S/C28H30N6O3/c1-34(28(37)16-7-3-2-4-8-16)18-13-14-19-22(15-18)30-25(23(19)26(35)29-17-11-12-17)31-27(36)24-20-9-5-6-10-21(20)32-33-24/h5-6,9-10,13-17,30H,2-4,7-8,11-12H2,1H3,(H,29,35)(H,31,36)(H,32,33). The van der Waals surface area contributed by atoms with E-state index in [4.69, 9.17) is 0 Å². The largest absolute Gasteiger partial charge is 0.349 e. The third-order valence-electron chi connectivity index (χ3n) is 7.52. The van der Waals surface area contributed by atoms with Crippen LogP contribution in [-0.4, -0.2) is 46.0 Å². The van der Waals surface area contributed by atoms with Crippen LogP contribution in [0, 0.1) is 5.92 Å². The van der Waals surface area contributed by atoms with Crippen LogP contribution in [0.3, 0.4) is 0 Å². The van der Waals surface area contributed by atoms with Crippen LogP contribution in [0.25, 0.3) is 21.8 Å². The number of aromatic nitrogens is 3. The van der Waals surface area contributed by atoms with Gasteiger partial charge in [0.2, 0.25) is 5.91 Å². The number of benzene rings is 2. The Kier molecular flexibility index (Phi) is 5.90. The van der Waals surface area contributed by atoms with Gasteiger partial charge in [-0.2, -0.15) is 5.10 Å². The molecule has 2 aliphatic carbocycles. The van der Waals surface area contributed by atoms with Gasteiger partial charge >= 0.3 is 0 Å². The van der Waals surface area contributed by atoms with Crippen molar-refractivity contribution < 1.29 is 14.4 Å². The van der Waals surface area contributed by atoms with E-state index in [1.807, 2.05) is 42.5 Å². The third kappa shape index (κ3) is 4.45. The van der Waals surface area contributed by atoms with Crippen LogP contribution < -0.4 is 15.5 Å². The lowest BCUT2D eigenvalue weighted by atomic mass is 9.88. The van der Waals surface area contributed by atoms with Crippen LogP contribution in [0.5, 0.6) is 0 Å². The van der Waals surface area contributed by atoms with E-state index in [1.54, 1.807) is 11.9 Å². The summed E-state index contributed by atoms with van der Waals surface area (Å²) in [5, 5.41) is 14.3. The van der Waals surface area contributed by atoms with Crippen LogP contribution >= 0.6 is 0 Å². The summed E-state index contributed by atoms with van der Waals surface area (Å²) in [4.78, 5) is 44.5. The van der Waals surface area contributed by atoms with E-state index < -0.39 is 5.91 Å². The maximum Gasteiger partial charge on any atom is 0.277 e. The Morgan fingerprint density at radius 1 is 0.919 bits per heavy atom. The molecule has 2 aromatic heterocycles. The minimum absolute atomic E-state index is 0.0523. The smallest absolute Gasteiger partial charge is 0.277 e. The number of rotatable bonds is 6. The number of anilines is 2. The van der Waals surface area contributed by atoms with Gasteiger partial charge in [-0.05, 0) is 49.9 Å². The van der Waals surface area contributed by atoms with E-state index in [9.17, 15) is 14.4 Å². The minimum atomic E-state index is -0.422. The second kappa shape index (κ2) is 9.38. The predicted octanol–water partition coefficient (Wildman–Crippen LogP) is 4.73. The lowest BCUT2D eigenvalue weighted by Gasteiger charge is -2.26. The number of hydrogen-bond acceptors (Lipinski definition) is 4. The summed E-state index contributed by atoms with van der Waals surface area (Å²) in [6.45, 7) is 0. The summed E-state index contributed by atoms with van der Waals surface area (Å²) < 4.78 is 0. The molecule has 4 N–H and O–H groups in total. The molecule has 2 aromatic carbocycles. The number of hydrogen-bond donors (Lipinski definition) is 4. The average molecular weight is 499 g/mol. The topological polar surface area (TPSA) is 123 Å². The normalized spacial score (nSPS) is 16.1. The highest BCUT2D eigenvalue weighted by atomic mass is 16.2. The molecule has 6 rings (SSSR count). The number of aromatic amines is 2. The van der Waals surface area contributed by atoms with E-state index in [-0.39, 0.29) is 29.5 Å². The van der Waals surface area contributed by atoms with E-state index in [2.05, 4.69) is 25.8 Å². The third-order valence-corrected chi connectivity index (χ3v) is 7.52. The first-order valence-corrected chi connectivity index (χ1v) is 13.0. The summed E-state index contributed by atoms with van der Waals surface area (Å²) in [6.07, 6.45) is 7.13. The maximum atomic E-state index is 13.2. The molecule has 0 aliphatic heterocycles. The van der Waals surface area contributed by atoms with Gasteiger partial charge in [-0.25, -0.2) is 0 Å². The van der Waals surface area contributed by atoms with Crippen LogP contribution in [-0.2, 0) is 4.79 Å². The Hall–Kier alpha value is -4.14. The van der Waals surface area contributed by atoms with Gasteiger partial charge in [-0.3, -0.25) is 19.5 Å². The van der Waals surface area contributed by atoms with E-state index >= 15 is 0 Å². The van der Waals surface area contributed by atoms with Crippen molar-refractivity contribution in [2.75, 3.05) is 17.3 Å². The van der Waals surface area contributed by atoms with Crippen LogP contribution in [0.4, 0.5) is 11.5 Å². The fourth-order valence-electron chi connectivity index (χ4n) is 5.27. The minimum Gasteiger partial charge on any atom is -0.349 e. The Bertz CT molecular complexity index is 1510. The fourth-order valence-corrected chi connectivity index (χ4v) is 5.27. The molecule has 0 bridgehead atoms. The number of H-pyrrole nitrogens is 2. The molecule has 2 fully saturated rings. The van der Waals surface area contributed by atoms with E-state index in [1.165, 1.54) is 6.42 Å². The average Bonchev–Trinajstić information content (AvgIpc) is 3.50. The SMILES string of the molecule is CN(C(=O)C1CCCCC1)c1ccc2c(C(=O)NC3CC3)c(NC(=O)c3n[nH]c4ccccc34)[nH]c2c1. The molecule has 2 aliphatic rings. The molecule has 0 spiro atoms. The fraction of sp³-hybridized carbons (Fsp3) is 0.357. The van der Waals surface area contributed by atoms with Crippen molar-refractivity contribution in [1.82, 2.24) is 20.5 Å². The second-order valence-electron chi connectivity index (χ2n) is 10.2. The molecule has 2 heterocycles. The lowest BCUT2D eigenvalue weighted by molar-refractivity contribution is -0.123.